The van der Waals surface area contributed by atoms with Crippen molar-refractivity contribution in [2.45, 2.75) is 45.4 Å². The zero-order valence-corrected chi connectivity index (χ0v) is 15.5. The Morgan fingerprint density at radius 2 is 2.08 bits per heavy atom. The van der Waals surface area contributed by atoms with Crippen molar-refractivity contribution in [1.29, 1.82) is 0 Å². The van der Waals surface area contributed by atoms with Crippen LogP contribution >= 0.6 is 0 Å². The summed E-state index contributed by atoms with van der Waals surface area (Å²) in [5.74, 6) is 2.73. The van der Waals surface area contributed by atoms with Crippen LogP contribution in [0.4, 0.5) is 0 Å². The number of nitrogens with one attached hydrogen (secondary N) is 1. The summed E-state index contributed by atoms with van der Waals surface area (Å²) in [5, 5.41) is 3.45. The maximum atomic E-state index is 12.7. The van der Waals surface area contributed by atoms with Crippen LogP contribution < -0.4 is 10.1 Å². The number of rotatable bonds is 6. The molecule has 0 saturated carbocycles. The number of likely N-dealkylation sites (tertiary alicyclic amines) is 1. The number of amides is 1. The first-order chi connectivity index (χ1) is 12.3. The van der Waals surface area contributed by atoms with Crippen molar-refractivity contribution >= 4 is 5.91 Å². The molecule has 2 aliphatic rings. The molecular formula is C21H32N2O2. The summed E-state index contributed by atoms with van der Waals surface area (Å²) in [6, 6.07) is 8.14. The van der Waals surface area contributed by atoms with Crippen LogP contribution in [0, 0.1) is 11.8 Å². The van der Waals surface area contributed by atoms with Crippen LogP contribution in [-0.2, 0) is 11.2 Å². The summed E-state index contributed by atoms with van der Waals surface area (Å²) in [6.45, 7) is 6.87. The van der Waals surface area contributed by atoms with E-state index in [1.165, 1.54) is 31.2 Å². The van der Waals surface area contributed by atoms with E-state index in [-0.39, 0.29) is 0 Å². The SMILES string of the molecule is CCOc1cccc(CCC(=O)N2CCCC(C3CCNCC3)C2)c1. The molecule has 1 N–H and O–H groups in total. The fourth-order valence-electron chi connectivity index (χ4n) is 4.30. The van der Waals surface area contributed by atoms with E-state index in [2.05, 4.69) is 22.3 Å². The van der Waals surface area contributed by atoms with Crippen LogP contribution in [0.1, 0.15) is 44.6 Å². The van der Waals surface area contributed by atoms with Gasteiger partial charge in [-0.2, -0.15) is 0 Å². The molecule has 2 saturated heterocycles. The number of aryl methyl sites for hydroxylation is 1. The third kappa shape index (κ3) is 5.21. The van der Waals surface area contributed by atoms with Gasteiger partial charge in [0.25, 0.3) is 0 Å². The van der Waals surface area contributed by atoms with Gasteiger partial charge < -0.3 is 15.0 Å². The van der Waals surface area contributed by atoms with Crippen molar-refractivity contribution in [3.05, 3.63) is 29.8 Å². The summed E-state index contributed by atoms with van der Waals surface area (Å²) in [4.78, 5) is 14.8. The Labute approximate surface area is 151 Å². The molecule has 0 aromatic heterocycles. The smallest absolute Gasteiger partial charge is 0.222 e. The highest BCUT2D eigenvalue weighted by molar-refractivity contribution is 5.76. The van der Waals surface area contributed by atoms with E-state index < -0.39 is 0 Å². The van der Waals surface area contributed by atoms with Crippen LogP contribution in [-0.4, -0.2) is 43.6 Å². The Morgan fingerprint density at radius 1 is 1.24 bits per heavy atom. The van der Waals surface area contributed by atoms with Crippen molar-refractivity contribution in [2.24, 2.45) is 11.8 Å². The molecule has 2 aliphatic heterocycles. The number of hydrogen-bond donors (Lipinski definition) is 1. The van der Waals surface area contributed by atoms with Gasteiger partial charge in [-0.05, 0) is 81.6 Å². The zero-order valence-electron chi connectivity index (χ0n) is 15.5. The predicted octanol–water partition coefficient (Wildman–Crippen LogP) is 3.26. The van der Waals surface area contributed by atoms with Crippen LogP contribution in [0.15, 0.2) is 24.3 Å². The van der Waals surface area contributed by atoms with E-state index in [4.69, 9.17) is 4.74 Å². The molecule has 1 aromatic rings. The Hall–Kier alpha value is -1.55. The number of ether oxygens (including phenoxy) is 1. The molecule has 2 heterocycles. The fourth-order valence-corrected chi connectivity index (χ4v) is 4.30. The molecule has 1 atom stereocenters. The molecule has 1 amide bonds. The second-order valence-electron chi connectivity index (χ2n) is 7.41. The number of carbonyl (C=O) groups is 1. The average molecular weight is 344 g/mol. The molecule has 1 unspecified atom stereocenters. The molecule has 2 fully saturated rings. The van der Waals surface area contributed by atoms with Crippen molar-refractivity contribution in [2.75, 3.05) is 32.8 Å². The molecule has 138 valence electrons. The Balaban J connectivity index is 1.49. The number of piperidine rings is 2. The first kappa shape index (κ1) is 18.2. The van der Waals surface area contributed by atoms with Gasteiger partial charge in [-0.15, -0.1) is 0 Å². The van der Waals surface area contributed by atoms with Gasteiger partial charge in [0.1, 0.15) is 5.75 Å². The van der Waals surface area contributed by atoms with Gasteiger partial charge in [0, 0.05) is 19.5 Å². The van der Waals surface area contributed by atoms with Crippen molar-refractivity contribution in [3.8, 4) is 5.75 Å². The Kier molecular flexibility index (Phi) is 6.74. The molecule has 0 aliphatic carbocycles. The van der Waals surface area contributed by atoms with Gasteiger partial charge in [-0.3, -0.25) is 4.79 Å². The minimum absolute atomic E-state index is 0.320. The van der Waals surface area contributed by atoms with Gasteiger partial charge in [-0.1, -0.05) is 12.1 Å². The van der Waals surface area contributed by atoms with E-state index in [0.29, 0.717) is 24.9 Å². The highest BCUT2D eigenvalue weighted by atomic mass is 16.5. The summed E-state index contributed by atoms with van der Waals surface area (Å²) in [6.07, 6.45) is 6.42. The highest BCUT2D eigenvalue weighted by Gasteiger charge is 2.29. The largest absolute Gasteiger partial charge is 0.494 e. The van der Waals surface area contributed by atoms with Crippen LogP contribution in [0.2, 0.25) is 0 Å². The van der Waals surface area contributed by atoms with E-state index >= 15 is 0 Å². The lowest BCUT2D eigenvalue weighted by molar-refractivity contribution is -0.133. The molecule has 4 nitrogen and oxygen atoms in total. The molecule has 0 radical (unpaired) electrons. The molecule has 1 aromatic carbocycles. The first-order valence-corrected chi connectivity index (χ1v) is 9.96. The number of carbonyl (C=O) groups excluding carboxylic acids is 1. The van der Waals surface area contributed by atoms with Gasteiger partial charge in [-0.25, -0.2) is 0 Å². The summed E-state index contributed by atoms with van der Waals surface area (Å²) in [7, 11) is 0. The van der Waals surface area contributed by atoms with Gasteiger partial charge in [0.2, 0.25) is 5.91 Å². The summed E-state index contributed by atoms with van der Waals surface area (Å²) in [5.41, 5.74) is 1.19. The Bertz CT molecular complexity index is 555. The summed E-state index contributed by atoms with van der Waals surface area (Å²) < 4.78 is 5.55. The van der Waals surface area contributed by atoms with Gasteiger partial charge in [0.05, 0.1) is 6.61 Å². The van der Waals surface area contributed by atoms with E-state index in [9.17, 15) is 4.79 Å². The minimum atomic E-state index is 0.320. The normalized spacial score (nSPS) is 22.0. The van der Waals surface area contributed by atoms with E-state index in [1.807, 2.05) is 19.1 Å². The van der Waals surface area contributed by atoms with Crippen molar-refractivity contribution in [1.82, 2.24) is 10.2 Å². The fraction of sp³-hybridized carbons (Fsp3) is 0.667. The van der Waals surface area contributed by atoms with Gasteiger partial charge in [0.15, 0.2) is 0 Å². The predicted molar refractivity (Wildman–Crippen MR) is 101 cm³/mol. The van der Waals surface area contributed by atoms with E-state index in [0.717, 1.165) is 44.3 Å². The van der Waals surface area contributed by atoms with Crippen molar-refractivity contribution in [3.63, 3.8) is 0 Å². The average Bonchev–Trinajstić information content (AvgIpc) is 2.67. The topological polar surface area (TPSA) is 41.6 Å². The monoisotopic (exact) mass is 344 g/mol. The molecule has 0 spiro atoms. The lowest BCUT2D eigenvalue weighted by Crippen LogP contribution is -2.44. The molecular weight excluding hydrogens is 312 g/mol. The Morgan fingerprint density at radius 3 is 2.88 bits per heavy atom. The standard InChI is InChI=1S/C21H32N2O2/c1-2-25-20-7-3-5-17(15-20)8-9-21(24)23-14-4-6-19(16-23)18-10-12-22-13-11-18/h3,5,7,15,18-19,22H,2,4,6,8-14,16H2,1H3. The molecule has 3 rings (SSSR count). The zero-order chi connectivity index (χ0) is 17.5. The van der Waals surface area contributed by atoms with E-state index in [1.54, 1.807) is 0 Å². The maximum absolute atomic E-state index is 12.7. The number of hydrogen-bond acceptors (Lipinski definition) is 3. The third-order valence-corrected chi connectivity index (χ3v) is 5.70. The maximum Gasteiger partial charge on any atom is 0.222 e. The minimum Gasteiger partial charge on any atom is -0.494 e. The quantitative estimate of drug-likeness (QED) is 0.861. The molecule has 25 heavy (non-hydrogen) atoms. The van der Waals surface area contributed by atoms with Crippen LogP contribution in [0.3, 0.4) is 0 Å². The molecule has 0 bridgehead atoms. The number of benzene rings is 1. The lowest BCUT2D eigenvalue weighted by Gasteiger charge is -2.38. The highest BCUT2D eigenvalue weighted by Crippen LogP contribution is 2.30. The second-order valence-corrected chi connectivity index (χ2v) is 7.41. The molecule has 4 heteroatoms. The third-order valence-electron chi connectivity index (χ3n) is 5.70. The van der Waals surface area contributed by atoms with Gasteiger partial charge >= 0.3 is 0 Å². The van der Waals surface area contributed by atoms with Crippen molar-refractivity contribution < 1.29 is 9.53 Å². The summed E-state index contributed by atoms with van der Waals surface area (Å²) >= 11 is 0. The van der Waals surface area contributed by atoms with Crippen LogP contribution in [0.25, 0.3) is 0 Å². The van der Waals surface area contributed by atoms with Crippen LogP contribution in [0.5, 0.6) is 5.75 Å². The second kappa shape index (κ2) is 9.23. The lowest BCUT2D eigenvalue weighted by atomic mass is 9.80. The number of nitrogens with zero attached hydrogens (tertiary/aromatic N) is 1. The first-order valence-electron chi connectivity index (χ1n) is 9.96.